The van der Waals surface area contributed by atoms with E-state index in [1.807, 2.05) is 0 Å². The van der Waals surface area contributed by atoms with Gasteiger partial charge in [0.25, 0.3) is 0 Å². The first-order valence-electron chi connectivity index (χ1n) is 21.3. The summed E-state index contributed by atoms with van der Waals surface area (Å²) in [7, 11) is 0. The molecule has 0 aliphatic carbocycles. The van der Waals surface area contributed by atoms with Crippen LogP contribution in [0.5, 0.6) is 0 Å². The zero-order valence-corrected chi connectivity index (χ0v) is 33.3. The molecule has 290 valence electrons. The van der Waals surface area contributed by atoms with Gasteiger partial charge in [0, 0.05) is 19.3 Å². The van der Waals surface area contributed by atoms with Crippen LogP contribution in [0.25, 0.3) is 0 Å². The van der Waals surface area contributed by atoms with Crippen LogP contribution < -0.4 is 0 Å². The highest BCUT2D eigenvalue weighted by Gasteiger charge is 2.19. The lowest BCUT2D eigenvalue weighted by atomic mass is 9.99. The van der Waals surface area contributed by atoms with Crippen molar-refractivity contribution in [2.45, 2.75) is 233 Å². The number of esters is 3. The maximum absolute atomic E-state index is 12.6. The molecule has 0 aliphatic rings. The Balaban J connectivity index is 4.25. The predicted octanol–water partition coefficient (Wildman–Crippen LogP) is 13.0. The largest absolute Gasteiger partial charge is 0.462 e. The minimum atomic E-state index is -0.758. The fourth-order valence-corrected chi connectivity index (χ4v) is 6.16. The van der Waals surface area contributed by atoms with Crippen LogP contribution in [0.3, 0.4) is 0 Å². The molecule has 0 amide bonds. The van der Waals surface area contributed by atoms with E-state index in [1.54, 1.807) is 0 Å². The van der Waals surface area contributed by atoms with Crippen LogP contribution >= 0.6 is 0 Å². The van der Waals surface area contributed by atoms with E-state index < -0.39 is 6.10 Å². The van der Waals surface area contributed by atoms with Crippen molar-refractivity contribution in [2.24, 2.45) is 11.8 Å². The molecule has 0 heterocycles. The summed E-state index contributed by atoms with van der Waals surface area (Å²) in [5.41, 5.74) is 0. The number of hydrogen-bond donors (Lipinski definition) is 0. The van der Waals surface area contributed by atoms with Gasteiger partial charge in [-0.15, -0.1) is 0 Å². The van der Waals surface area contributed by atoms with E-state index in [1.165, 1.54) is 109 Å². The molecule has 49 heavy (non-hydrogen) atoms. The van der Waals surface area contributed by atoms with Crippen molar-refractivity contribution in [3.05, 3.63) is 0 Å². The standard InChI is InChI=1S/C43H82O6/c1-6-9-10-21-28-33-41(44)47-36-40(37-48-42(45)34-29-24-19-16-15-18-23-27-32-39(5)8-3)49-43(46)35-30-25-20-14-12-11-13-17-22-26-31-38(4)7-2/h38-40H,6-37H2,1-5H3/t38?,39?,40-/m1/s1. The fraction of sp³-hybridized carbons (Fsp3) is 0.930. The summed E-state index contributed by atoms with van der Waals surface area (Å²) in [4.78, 5) is 37.4. The Kier molecular flexibility index (Phi) is 35.0. The van der Waals surface area contributed by atoms with E-state index in [0.717, 1.165) is 76.0 Å². The van der Waals surface area contributed by atoms with Crippen molar-refractivity contribution in [1.82, 2.24) is 0 Å². The first-order valence-corrected chi connectivity index (χ1v) is 21.3. The smallest absolute Gasteiger partial charge is 0.306 e. The maximum Gasteiger partial charge on any atom is 0.306 e. The Morgan fingerprint density at radius 1 is 0.408 bits per heavy atom. The molecular weight excluding hydrogens is 612 g/mol. The van der Waals surface area contributed by atoms with Crippen LogP contribution in [-0.4, -0.2) is 37.2 Å². The van der Waals surface area contributed by atoms with E-state index in [4.69, 9.17) is 14.2 Å². The number of carbonyl (C=O) groups excluding carboxylic acids is 3. The quantitative estimate of drug-likeness (QED) is 0.0366. The van der Waals surface area contributed by atoms with Crippen LogP contribution in [0.4, 0.5) is 0 Å². The van der Waals surface area contributed by atoms with Crippen molar-refractivity contribution in [2.75, 3.05) is 13.2 Å². The van der Waals surface area contributed by atoms with Gasteiger partial charge in [0.05, 0.1) is 0 Å². The Labute approximate surface area is 304 Å². The second-order valence-electron chi connectivity index (χ2n) is 15.1. The second kappa shape index (κ2) is 36.2. The Bertz CT molecular complexity index is 753. The van der Waals surface area contributed by atoms with Crippen LogP contribution in [-0.2, 0) is 28.6 Å². The van der Waals surface area contributed by atoms with Crippen molar-refractivity contribution in [3.63, 3.8) is 0 Å². The fourth-order valence-electron chi connectivity index (χ4n) is 6.16. The van der Waals surface area contributed by atoms with Crippen molar-refractivity contribution >= 4 is 17.9 Å². The Morgan fingerprint density at radius 3 is 1.06 bits per heavy atom. The Morgan fingerprint density at radius 2 is 0.714 bits per heavy atom. The van der Waals surface area contributed by atoms with Crippen molar-refractivity contribution < 1.29 is 28.6 Å². The molecule has 3 atom stereocenters. The zero-order chi connectivity index (χ0) is 36.2. The highest BCUT2D eigenvalue weighted by Crippen LogP contribution is 2.17. The van der Waals surface area contributed by atoms with Crippen LogP contribution in [0.2, 0.25) is 0 Å². The van der Waals surface area contributed by atoms with Crippen LogP contribution in [0.15, 0.2) is 0 Å². The molecule has 6 nitrogen and oxygen atoms in total. The first kappa shape index (κ1) is 47.4. The van der Waals surface area contributed by atoms with Crippen LogP contribution in [0, 0.1) is 11.8 Å². The lowest BCUT2D eigenvalue weighted by Gasteiger charge is -2.18. The van der Waals surface area contributed by atoms with Gasteiger partial charge in [0.2, 0.25) is 0 Å². The summed E-state index contributed by atoms with van der Waals surface area (Å²) >= 11 is 0. The van der Waals surface area contributed by atoms with E-state index in [0.29, 0.717) is 19.3 Å². The molecular formula is C43H82O6. The minimum absolute atomic E-state index is 0.0668. The number of hydrogen-bond acceptors (Lipinski definition) is 6. The summed E-state index contributed by atoms with van der Waals surface area (Å²) in [6, 6.07) is 0. The monoisotopic (exact) mass is 695 g/mol. The topological polar surface area (TPSA) is 78.9 Å². The highest BCUT2D eigenvalue weighted by atomic mass is 16.6. The van der Waals surface area contributed by atoms with Crippen LogP contribution in [0.1, 0.15) is 227 Å². The lowest BCUT2D eigenvalue weighted by Crippen LogP contribution is -2.30. The van der Waals surface area contributed by atoms with Gasteiger partial charge in [0.15, 0.2) is 6.10 Å². The van der Waals surface area contributed by atoms with Gasteiger partial charge in [-0.1, -0.05) is 189 Å². The second-order valence-corrected chi connectivity index (χ2v) is 15.1. The average molecular weight is 695 g/mol. The van der Waals surface area contributed by atoms with E-state index in [9.17, 15) is 14.4 Å². The SMILES string of the molecule is CCCCCCCC(=O)OC[C@H](COC(=O)CCCCCCCCCCC(C)CC)OC(=O)CCCCCCCCCCCCC(C)CC. The average Bonchev–Trinajstić information content (AvgIpc) is 3.10. The lowest BCUT2D eigenvalue weighted by molar-refractivity contribution is -0.167. The van der Waals surface area contributed by atoms with Crippen molar-refractivity contribution in [3.8, 4) is 0 Å². The normalized spacial score (nSPS) is 13.2. The maximum atomic E-state index is 12.6. The Hall–Kier alpha value is -1.59. The molecule has 0 saturated carbocycles. The van der Waals surface area contributed by atoms with Gasteiger partial charge >= 0.3 is 17.9 Å². The molecule has 0 N–H and O–H groups in total. The molecule has 0 aliphatic heterocycles. The molecule has 0 rings (SSSR count). The number of unbranched alkanes of at least 4 members (excludes halogenated alkanes) is 20. The third kappa shape index (κ3) is 34.6. The van der Waals surface area contributed by atoms with Gasteiger partial charge < -0.3 is 14.2 Å². The molecule has 2 unspecified atom stereocenters. The van der Waals surface area contributed by atoms with Gasteiger partial charge in [-0.05, 0) is 31.1 Å². The summed E-state index contributed by atoms with van der Waals surface area (Å²) in [5, 5.41) is 0. The molecule has 0 bridgehead atoms. The highest BCUT2D eigenvalue weighted by molar-refractivity contribution is 5.71. The summed E-state index contributed by atoms with van der Waals surface area (Å²) in [6.07, 6.45) is 32.5. The van der Waals surface area contributed by atoms with Crippen molar-refractivity contribution in [1.29, 1.82) is 0 Å². The molecule has 6 heteroatoms. The van der Waals surface area contributed by atoms with E-state index >= 15 is 0 Å². The van der Waals surface area contributed by atoms with Gasteiger partial charge in [0.1, 0.15) is 13.2 Å². The molecule has 0 radical (unpaired) electrons. The molecule has 0 spiro atoms. The summed E-state index contributed by atoms with van der Waals surface area (Å²) in [6.45, 7) is 11.3. The molecule has 0 saturated heterocycles. The molecule has 0 aromatic carbocycles. The number of rotatable bonds is 37. The number of ether oxygens (including phenoxy) is 3. The summed E-state index contributed by atoms with van der Waals surface area (Å²) in [5.74, 6) is 0.839. The third-order valence-corrected chi connectivity index (χ3v) is 10.2. The third-order valence-electron chi connectivity index (χ3n) is 10.2. The number of carbonyl (C=O) groups is 3. The predicted molar refractivity (Wildman–Crippen MR) is 206 cm³/mol. The van der Waals surface area contributed by atoms with E-state index in [2.05, 4.69) is 34.6 Å². The van der Waals surface area contributed by atoms with Gasteiger partial charge in [-0.2, -0.15) is 0 Å². The van der Waals surface area contributed by atoms with E-state index in [-0.39, 0.29) is 31.1 Å². The van der Waals surface area contributed by atoms with Gasteiger partial charge in [-0.3, -0.25) is 14.4 Å². The molecule has 0 aromatic rings. The first-order chi connectivity index (χ1) is 23.8. The minimum Gasteiger partial charge on any atom is -0.462 e. The van der Waals surface area contributed by atoms with Gasteiger partial charge in [-0.25, -0.2) is 0 Å². The molecule has 0 fully saturated rings. The summed E-state index contributed by atoms with van der Waals surface area (Å²) < 4.78 is 16.6. The zero-order valence-electron chi connectivity index (χ0n) is 33.3. The molecule has 0 aromatic heterocycles.